The van der Waals surface area contributed by atoms with Crippen molar-refractivity contribution in [1.29, 1.82) is 0 Å². The van der Waals surface area contributed by atoms with Crippen LogP contribution in [-0.2, 0) is 9.09 Å². The molecule has 0 radical (unpaired) electrons. The smallest absolute Gasteiger partial charge is 0.425 e. The number of phosphoric acid groups is 1. The molecule has 160 valence electrons. The molecule has 0 unspecified atom stereocenters. The van der Waals surface area contributed by atoms with Gasteiger partial charge in [0.05, 0.1) is 11.3 Å². The SMILES string of the molecule is Cc1cccc(C)c1O/C(OP(=O)(O)O)=C1/c2ccccc2N(C)c2cc(Cl)ccc21. The Labute approximate surface area is 185 Å². The van der Waals surface area contributed by atoms with Gasteiger partial charge in [0.25, 0.3) is 0 Å². The van der Waals surface area contributed by atoms with E-state index in [9.17, 15) is 14.4 Å². The van der Waals surface area contributed by atoms with E-state index in [1.807, 2.05) is 68.3 Å². The minimum absolute atomic E-state index is 0.269. The number of nitrogens with zero attached hydrogens (tertiary/aromatic N) is 1. The van der Waals surface area contributed by atoms with Crippen LogP contribution in [0.4, 0.5) is 11.4 Å². The van der Waals surface area contributed by atoms with Crippen molar-refractivity contribution in [3.05, 3.63) is 93.9 Å². The summed E-state index contributed by atoms with van der Waals surface area (Å²) in [6.07, 6.45) is 0. The quantitative estimate of drug-likeness (QED) is 0.372. The van der Waals surface area contributed by atoms with Crippen molar-refractivity contribution in [3.63, 3.8) is 0 Å². The van der Waals surface area contributed by atoms with Crippen LogP contribution in [0.1, 0.15) is 22.3 Å². The van der Waals surface area contributed by atoms with Gasteiger partial charge in [0, 0.05) is 28.9 Å². The third kappa shape index (κ3) is 4.21. The lowest BCUT2D eigenvalue weighted by Gasteiger charge is -2.32. The first-order chi connectivity index (χ1) is 14.7. The normalized spacial score (nSPS) is 14.6. The highest BCUT2D eigenvalue weighted by atomic mass is 35.5. The molecule has 0 saturated heterocycles. The van der Waals surface area contributed by atoms with Crippen LogP contribution in [-0.4, -0.2) is 16.8 Å². The van der Waals surface area contributed by atoms with Gasteiger partial charge in [0.2, 0.25) is 0 Å². The van der Waals surface area contributed by atoms with E-state index >= 15 is 0 Å². The van der Waals surface area contributed by atoms with Gasteiger partial charge in [-0.1, -0.05) is 54.1 Å². The van der Waals surface area contributed by atoms with Crippen molar-refractivity contribution < 1.29 is 23.6 Å². The summed E-state index contributed by atoms with van der Waals surface area (Å²) < 4.78 is 23.1. The molecule has 2 N–H and O–H groups in total. The standard InChI is InChI=1S/C23H21ClNO5P/c1-14-7-6-8-15(2)22(14)29-23(30-31(26,27)28)21-17-9-4-5-10-19(17)25(3)20-13-16(24)11-12-18(20)21/h4-13H,1-3H3,(H2,26,27,28)/b23-21+. The van der Waals surface area contributed by atoms with Crippen molar-refractivity contribution in [1.82, 2.24) is 0 Å². The van der Waals surface area contributed by atoms with E-state index < -0.39 is 7.82 Å². The fourth-order valence-electron chi connectivity index (χ4n) is 3.74. The van der Waals surface area contributed by atoms with Crippen LogP contribution in [0.25, 0.3) is 5.57 Å². The van der Waals surface area contributed by atoms with Crippen LogP contribution in [0.3, 0.4) is 0 Å². The maximum atomic E-state index is 11.9. The average Bonchev–Trinajstić information content (AvgIpc) is 2.70. The summed E-state index contributed by atoms with van der Waals surface area (Å²) in [5, 5.41) is 0.539. The number of benzene rings is 3. The van der Waals surface area contributed by atoms with E-state index in [4.69, 9.17) is 20.9 Å². The molecule has 0 aliphatic carbocycles. The number of halogens is 1. The number of para-hydroxylation sites is 2. The number of fused-ring (bicyclic) bond motifs is 2. The molecule has 0 amide bonds. The first-order valence-electron chi connectivity index (χ1n) is 9.52. The first kappa shape index (κ1) is 21.5. The van der Waals surface area contributed by atoms with Crippen LogP contribution < -0.4 is 9.64 Å². The molecule has 0 spiro atoms. The van der Waals surface area contributed by atoms with Gasteiger partial charge in [0.15, 0.2) is 0 Å². The van der Waals surface area contributed by atoms with Gasteiger partial charge >= 0.3 is 13.8 Å². The molecule has 4 rings (SSSR count). The highest BCUT2D eigenvalue weighted by molar-refractivity contribution is 7.46. The fourth-order valence-corrected chi connectivity index (χ4v) is 4.25. The Morgan fingerprint density at radius 1 is 0.935 bits per heavy atom. The predicted molar refractivity (Wildman–Crippen MR) is 122 cm³/mol. The second-order valence-corrected chi connectivity index (χ2v) is 8.91. The molecule has 8 heteroatoms. The third-order valence-corrected chi connectivity index (χ3v) is 5.77. The van der Waals surface area contributed by atoms with Gasteiger partial charge in [-0.05, 0) is 43.2 Å². The minimum atomic E-state index is -4.93. The Bertz CT molecular complexity index is 1230. The maximum absolute atomic E-state index is 11.9. The average molecular weight is 458 g/mol. The van der Waals surface area contributed by atoms with E-state index in [0.29, 0.717) is 21.9 Å². The van der Waals surface area contributed by atoms with E-state index in [-0.39, 0.29) is 5.95 Å². The molecule has 0 aromatic heterocycles. The fraction of sp³-hybridized carbons (Fsp3) is 0.130. The van der Waals surface area contributed by atoms with Crippen LogP contribution >= 0.6 is 19.4 Å². The lowest BCUT2D eigenvalue weighted by atomic mass is 9.91. The minimum Gasteiger partial charge on any atom is -0.425 e. The van der Waals surface area contributed by atoms with Crippen molar-refractivity contribution in [2.24, 2.45) is 0 Å². The zero-order chi connectivity index (χ0) is 22.3. The summed E-state index contributed by atoms with van der Waals surface area (Å²) in [5.74, 6) is 0.209. The van der Waals surface area contributed by atoms with Gasteiger partial charge < -0.3 is 14.2 Å². The zero-order valence-electron chi connectivity index (χ0n) is 17.2. The molecule has 0 atom stereocenters. The predicted octanol–water partition coefficient (Wildman–Crippen LogP) is 5.94. The molecule has 0 fully saturated rings. The monoisotopic (exact) mass is 457 g/mol. The number of hydrogen-bond acceptors (Lipinski definition) is 4. The lowest BCUT2D eigenvalue weighted by molar-refractivity contribution is 0.166. The lowest BCUT2D eigenvalue weighted by Crippen LogP contribution is -2.20. The van der Waals surface area contributed by atoms with Crippen molar-refractivity contribution in [2.75, 3.05) is 11.9 Å². The number of hydrogen-bond donors (Lipinski definition) is 2. The van der Waals surface area contributed by atoms with E-state index in [1.165, 1.54) is 0 Å². The molecule has 1 aliphatic rings. The van der Waals surface area contributed by atoms with E-state index in [0.717, 1.165) is 28.1 Å². The summed E-state index contributed by atoms with van der Waals surface area (Å²) in [6, 6.07) is 18.4. The van der Waals surface area contributed by atoms with E-state index in [1.54, 1.807) is 18.2 Å². The van der Waals surface area contributed by atoms with Crippen molar-refractivity contribution >= 4 is 36.4 Å². The first-order valence-corrected chi connectivity index (χ1v) is 11.4. The summed E-state index contributed by atoms with van der Waals surface area (Å²) in [5.41, 5.74) is 5.04. The topological polar surface area (TPSA) is 79.2 Å². The summed E-state index contributed by atoms with van der Waals surface area (Å²) in [6.45, 7) is 3.72. The molecule has 6 nitrogen and oxygen atoms in total. The zero-order valence-corrected chi connectivity index (χ0v) is 18.8. The second kappa shape index (κ2) is 8.06. The molecule has 0 bridgehead atoms. The van der Waals surface area contributed by atoms with E-state index in [2.05, 4.69) is 0 Å². The summed E-state index contributed by atoms with van der Waals surface area (Å²) >= 11 is 6.24. The Morgan fingerprint density at radius 2 is 1.58 bits per heavy atom. The molecule has 0 saturated carbocycles. The molecular weight excluding hydrogens is 437 g/mol. The molecule has 1 heterocycles. The summed E-state index contributed by atoms with van der Waals surface area (Å²) in [4.78, 5) is 21.3. The van der Waals surface area contributed by atoms with Crippen LogP contribution in [0, 0.1) is 13.8 Å². The second-order valence-electron chi connectivity index (χ2n) is 7.30. The molecule has 31 heavy (non-hydrogen) atoms. The van der Waals surface area contributed by atoms with Crippen LogP contribution in [0.5, 0.6) is 5.75 Å². The van der Waals surface area contributed by atoms with Gasteiger partial charge in [0.1, 0.15) is 5.75 Å². The van der Waals surface area contributed by atoms with Gasteiger partial charge in [-0.3, -0.25) is 9.79 Å². The number of ether oxygens (including phenoxy) is 1. The van der Waals surface area contributed by atoms with Crippen LogP contribution in [0.2, 0.25) is 5.02 Å². The Hall–Kier alpha value is -2.76. The number of aryl methyl sites for hydroxylation is 2. The van der Waals surface area contributed by atoms with Gasteiger partial charge in [-0.2, -0.15) is 0 Å². The summed E-state index contributed by atoms with van der Waals surface area (Å²) in [7, 11) is -3.02. The molecule has 3 aromatic rings. The highest BCUT2D eigenvalue weighted by Crippen LogP contribution is 2.50. The van der Waals surface area contributed by atoms with Crippen LogP contribution in [0.15, 0.2) is 66.6 Å². The molecule has 3 aromatic carbocycles. The largest absolute Gasteiger partial charge is 0.527 e. The van der Waals surface area contributed by atoms with Crippen molar-refractivity contribution in [2.45, 2.75) is 13.8 Å². The number of anilines is 2. The third-order valence-electron chi connectivity index (χ3n) is 5.13. The Kier molecular flexibility index (Phi) is 5.58. The molecule has 1 aliphatic heterocycles. The Morgan fingerprint density at radius 3 is 2.26 bits per heavy atom. The van der Waals surface area contributed by atoms with Gasteiger partial charge in [-0.15, -0.1) is 0 Å². The maximum Gasteiger partial charge on any atom is 0.527 e. The van der Waals surface area contributed by atoms with Gasteiger partial charge in [-0.25, -0.2) is 4.57 Å². The van der Waals surface area contributed by atoms with Crippen molar-refractivity contribution in [3.8, 4) is 5.75 Å². The molecular formula is C23H21ClNO5P. The number of rotatable bonds is 4. The number of phosphoric ester groups is 1. The highest BCUT2D eigenvalue weighted by Gasteiger charge is 2.32. The Balaban J connectivity index is 2.04.